The van der Waals surface area contributed by atoms with Crippen LogP contribution in [0.2, 0.25) is 5.02 Å². The van der Waals surface area contributed by atoms with Gasteiger partial charge in [-0.15, -0.1) is 0 Å². The zero-order chi connectivity index (χ0) is 15.0. The maximum atomic E-state index is 12.5. The molecule has 106 valence electrons. The van der Waals surface area contributed by atoms with Crippen molar-refractivity contribution in [3.8, 4) is 22.6 Å². The number of benzene rings is 2. The molecule has 3 rings (SSSR count). The highest BCUT2D eigenvalue weighted by molar-refractivity contribution is 6.32. The Morgan fingerprint density at radius 1 is 1.19 bits per heavy atom. The van der Waals surface area contributed by atoms with Crippen LogP contribution in [0.15, 0.2) is 51.9 Å². The third kappa shape index (κ3) is 2.34. The van der Waals surface area contributed by atoms with E-state index in [1.165, 1.54) is 18.4 Å². The van der Waals surface area contributed by atoms with Gasteiger partial charge < -0.3 is 14.3 Å². The van der Waals surface area contributed by atoms with Gasteiger partial charge in [0.2, 0.25) is 5.43 Å². The Labute approximate surface area is 125 Å². The van der Waals surface area contributed by atoms with Gasteiger partial charge >= 0.3 is 0 Å². The summed E-state index contributed by atoms with van der Waals surface area (Å²) < 4.78 is 10.5. The Kier molecular flexibility index (Phi) is 3.31. The van der Waals surface area contributed by atoms with Crippen LogP contribution in [-0.2, 0) is 0 Å². The van der Waals surface area contributed by atoms with E-state index in [2.05, 4.69) is 0 Å². The summed E-state index contributed by atoms with van der Waals surface area (Å²) in [7, 11) is 1.58. The molecule has 0 saturated carbocycles. The lowest BCUT2D eigenvalue weighted by atomic mass is 10.1. The van der Waals surface area contributed by atoms with Gasteiger partial charge in [-0.05, 0) is 23.8 Å². The molecule has 0 atom stereocenters. The van der Waals surface area contributed by atoms with Crippen molar-refractivity contribution in [1.29, 1.82) is 0 Å². The van der Waals surface area contributed by atoms with Crippen LogP contribution in [0.4, 0.5) is 0 Å². The summed E-state index contributed by atoms with van der Waals surface area (Å²) in [6.07, 6.45) is 1.37. The number of aromatic hydroxyl groups is 1. The van der Waals surface area contributed by atoms with E-state index in [1.54, 1.807) is 31.4 Å². The molecule has 1 N–H and O–H groups in total. The highest BCUT2D eigenvalue weighted by Crippen LogP contribution is 2.29. The van der Waals surface area contributed by atoms with Crippen LogP contribution < -0.4 is 10.2 Å². The van der Waals surface area contributed by atoms with Gasteiger partial charge in [0.15, 0.2) is 0 Å². The molecule has 0 amide bonds. The molecule has 0 fully saturated rings. The third-order valence-corrected chi connectivity index (χ3v) is 3.55. The summed E-state index contributed by atoms with van der Waals surface area (Å²) in [6, 6.07) is 9.82. The fourth-order valence-electron chi connectivity index (χ4n) is 2.11. The molecule has 0 aliphatic carbocycles. The fraction of sp³-hybridized carbons (Fsp3) is 0.0625. The lowest BCUT2D eigenvalue weighted by Gasteiger charge is -2.05. The number of hydrogen-bond acceptors (Lipinski definition) is 4. The summed E-state index contributed by atoms with van der Waals surface area (Å²) in [5, 5.41) is 9.98. The second-order valence-corrected chi connectivity index (χ2v) is 4.91. The summed E-state index contributed by atoms with van der Waals surface area (Å²) in [5.74, 6) is 0.585. The van der Waals surface area contributed by atoms with Gasteiger partial charge in [-0.1, -0.05) is 23.7 Å². The zero-order valence-corrected chi connectivity index (χ0v) is 11.8. The van der Waals surface area contributed by atoms with Crippen molar-refractivity contribution < 1.29 is 14.3 Å². The smallest absolute Gasteiger partial charge is 0.200 e. The predicted molar refractivity (Wildman–Crippen MR) is 81.1 cm³/mol. The van der Waals surface area contributed by atoms with Gasteiger partial charge in [-0.25, -0.2) is 0 Å². The highest BCUT2D eigenvalue weighted by Gasteiger charge is 2.11. The van der Waals surface area contributed by atoms with Crippen LogP contribution in [0, 0.1) is 0 Å². The van der Waals surface area contributed by atoms with Gasteiger partial charge in [-0.3, -0.25) is 4.79 Å². The lowest BCUT2D eigenvalue weighted by molar-refractivity contribution is 0.415. The van der Waals surface area contributed by atoms with E-state index in [0.29, 0.717) is 22.3 Å². The van der Waals surface area contributed by atoms with E-state index >= 15 is 0 Å². The molecule has 1 aromatic heterocycles. The second kappa shape index (κ2) is 5.14. The molecule has 0 aliphatic heterocycles. The number of halogens is 1. The molecule has 0 spiro atoms. The van der Waals surface area contributed by atoms with E-state index in [1.807, 2.05) is 0 Å². The van der Waals surface area contributed by atoms with Gasteiger partial charge in [0.05, 0.1) is 23.1 Å². The van der Waals surface area contributed by atoms with Crippen molar-refractivity contribution in [2.75, 3.05) is 7.11 Å². The van der Waals surface area contributed by atoms with E-state index < -0.39 is 0 Å². The molecule has 1 heterocycles. The second-order valence-electron chi connectivity index (χ2n) is 4.51. The Morgan fingerprint density at radius 3 is 2.57 bits per heavy atom. The predicted octanol–water partition coefficient (Wildman–Crippen LogP) is 3.83. The summed E-state index contributed by atoms with van der Waals surface area (Å²) in [5.41, 5.74) is 1.23. The van der Waals surface area contributed by atoms with Crippen LogP contribution in [0.5, 0.6) is 11.5 Å². The van der Waals surface area contributed by atoms with Crippen LogP contribution in [0.1, 0.15) is 0 Å². The number of rotatable bonds is 2. The van der Waals surface area contributed by atoms with Gasteiger partial charge in [0.1, 0.15) is 23.3 Å². The van der Waals surface area contributed by atoms with Crippen molar-refractivity contribution >= 4 is 22.6 Å². The van der Waals surface area contributed by atoms with Gasteiger partial charge in [0, 0.05) is 6.07 Å². The Hall–Kier alpha value is -2.46. The van der Waals surface area contributed by atoms with Gasteiger partial charge in [0.25, 0.3) is 0 Å². The Morgan fingerprint density at radius 2 is 1.90 bits per heavy atom. The molecule has 2 aromatic carbocycles. The van der Waals surface area contributed by atoms with Crippen LogP contribution >= 0.6 is 11.6 Å². The Bertz CT molecular complexity index is 866. The maximum Gasteiger partial charge on any atom is 0.200 e. The summed E-state index contributed by atoms with van der Waals surface area (Å²) in [4.78, 5) is 12.5. The average molecular weight is 303 g/mol. The number of fused-ring (bicyclic) bond motifs is 1. The molecule has 5 heteroatoms. The number of methoxy groups -OCH3 is 1. The first-order chi connectivity index (χ1) is 10.1. The van der Waals surface area contributed by atoms with Crippen molar-refractivity contribution in [1.82, 2.24) is 0 Å². The molecule has 0 saturated heterocycles. The molecule has 0 unspecified atom stereocenters. The molecular formula is C16H11ClO4. The topological polar surface area (TPSA) is 59.7 Å². The first kappa shape index (κ1) is 13.5. The molecule has 0 bridgehead atoms. The molecule has 0 radical (unpaired) electrons. The first-order valence-corrected chi connectivity index (χ1v) is 6.56. The lowest BCUT2D eigenvalue weighted by Crippen LogP contribution is -2.04. The quantitative estimate of drug-likeness (QED) is 0.781. The van der Waals surface area contributed by atoms with E-state index in [0.717, 1.165) is 5.56 Å². The first-order valence-electron chi connectivity index (χ1n) is 6.18. The minimum absolute atomic E-state index is 0.113. The fourth-order valence-corrected chi connectivity index (χ4v) is 2.27. The average Bonchev–Trinajstić information content (AvgIpc) is 2.50. The standard InChI is InChI=1S/C16H11ClO4/c1-20-10-4-2-9(3-5-10)12-8-21-15-7-14(18)13(17)6-11(15)16(12)19/h2-8,18H,1H3. The molecule has 3 aromatic rings. The van der Waals surface area contributed by atoms with Crippen LogP contribution in [-0.4, -0.2) is 12.2 Å². The SMILES string of the molecule is COc1ccc(-c2coc3cc(O)c(Cl)cc3c2=O)cc1. The van der Waals surface area contributed by atoms with Crippen LogP contribution in [0.25, 0.3) is 22.1 Å². The number of phenols is 1. The molecule has 4 nitrogen and oxygen atoms in total. The van der Waals surface area contributed by atoms with Crippen molar-refractivity contribution in [2.45, 2.75) is 0 Å². The maximum absolute atomic E-state index is 12.5. The highest BCUT2D eigenvalue weighted by atomic mass is 35.5. The van der Waals surface area contributed by atoms with E-state index in [9.17, 15) is 9.90 Å². The summed E-state index contributed by atoms with van der Waals surface area (Å²) >= 11 is 5.85. The van der Waals surface area contributed by atoms with Crippen molar-refractivity contribution in [3.63, 3.8) is 0 Å². The monoisotopic (exact) mass is 302 g/mol. The molecular weight excluding hydrogens is 292 g/mol. The van der Waals surface area contributed by atoms with E-state index in [4.69, 9.17) is 20.8 Å². The minimum atomic E-state index is -0.205. The van der Waals surface area contributed by atoms with Gasteiger partial charge in [-0.2, -0.15) is 0 Å². The zero-order valence-electron chi connectivity index (χ0n) is 11.1. The normalized spacial score (nSPS) is 10.8. The summed E-state index contributed by atoms with van der Waals surface area (Å²) in [6.45, 7) is 0. The van der Waals surface area contributed by atoms with Crippen molar-refractivity contribution in [2.24, 2.45) is 0 Å². The third-order valence-electron chi connectivity index (χ3n) is 3.24. The minimum Gasteiger partial charge on any atom is -0.506 e. The van der Waals surface area contributed by atoms with Crippen LogP contribution in [0.3, 0.4) is 0 Å². The number of hydrogen-bond donors (Lipinski definition) is 1. The van der Waals surface area contributed by atoms with E-state index in [-0.39, 0.29) is 16.2 Å². The number of ether oxygens (including phenoxy) is 1. The largest absolute Gasteiger partial charge is 0.506 e. The van der Waals surface area contributed by atoms with Crippen molar-refractivity contribution in [3.05, 3.63) is 57.9 Å². The molecule has 0 aliphatic rings. The number of phenolic OH excluding ortho intramolecular Hbond substituents is 1. The Balaban J connectivity index is 2.21. The molecule has 21 heavy (non-hydrogen) atoms.